The topological polar surface area (TPSA) is 17.1 Å². The highest BCUT2D eigenvalue weighted by Crippen LogP contribution is 2.65. The first kappa shape index (κ1) is 19.2. The van der Waals surface area contributed by atoms with Gasteiger partial charge >= 0.3 is 0 Å². The molecule has 1 heteroatoms. The Hall–Kier alpha value is -1.11. The van der Waals surface area contributed by atoms with Crippen molar-refractivity contribution in [2.75, 3.05) is 0 Å². The largest absolute Gasteiger partial charge is 0.294 e. The Balaban J connectivity index is 0.00000100. The second kappa shape index (κ2) is 6.32. The first-order valence-electron chi connectivity index (χ1n) is 9.66. The van der Waals surface area contributed by atoms with E-state index in [9.17, 15) is 4.79 Å². The van der Waals surface area contributed by atoms with Crippen LogP contribution >= 0.6 is 0 Å². The van der Waals surface area contributed by atoms with Gasteiger partial charge in [-0.3, -0.25) is 4.79 Å². The highest BCUT2D eigenvalue weighted by atomic mass is 16.1. The molecule has 3 aliphatic rings. The zero-order valence-electron chi connectivity index (χ0n) is 17.3. The molecule has 0 bridgehead atoms. The van der Waals surface area contributed by atoms with E-state index >= 15 is 0 Å². The van der Waals surface area contributed by atoms with E-state index in [0.717, 1.165) is 25.7 Å². The normalized spacial score (nSPS) is 30.2. The van der Waals surface area contributed by atoms with E-state index in [0.29, 0.717) is 5.78 Å². The number of ketones is 1. The molecule has 2 unspecified atom stereocenters. The number of carbonyl (C=O) groups is 1. The number of allylic oxidation sites excluding steroid dienone is 6. The molecular formula is C23H36O. The summed E-state index contributed by atoms with van der Waals surface area (Å²) in [5.41, 5.74) is 8.69. The van der Waals surface area contributed by atoms with Crippen molar-refractivity contribution in [3.63, 3.8) is 0 Å². The van der Waals surface area contributed by atoms with Crippen LogP contribution in [0, 0.1) is 16.7 Å². The number of hydrogen-bond acceptors (Lipinski definition) is 1. The molecule has 24 heavy (non-hydrogen) atoms. The molecule has 0 radical (unpaired) electrons. The molecule has 3 rings (SSSR count). The van der Waals surface area contributed by atoms with Gasteiger partial charge in [0.05, 0.1) is 0 Å². The van der Waals surface area contributed by atoms with E-state index in [-0.39, 0.29) is 16.7 Å². The van der Waals surface area contributed by atoms with E-state index in [1.165, 1.54) is 33.4 Å². The second-order valence-corrected chi connectivity index (χ2v) is 8.95. The molecule has 0 amide bonds. The molecule has 0 aromatic heterocycles. The number of hydrogen-bond donors (Lipinski definition) is 0. The van der Waals surface area contributed by atoms with Gasteiger partial charge < -0.3 is 0 Å². The molecule has 0 N–H and O–H groups in total. The van der Waals surface area contributed by atoms with Gasteiger partial charge in [0, 0.05) is 11.3 Å². The molecule has 0 heterocycles. The van der Waals surface area contributed by atoms with Gasteiger partial charge in [-0.1, -0.05) is 62.5 Å². The molecule has 2 atom stereocenters. The molecule has 0 spiro atoms. The van der Waals surface area contributed by atoms with Crippen molar-refractivity contribution in [3.8, 4) is 0 Å². The van der Waals surface area contributed by atoms with E-state index in [4.69, 9.17) is 0 Å². The third kappa shape index (κ3) is 2.55. The molecule has 0 aromatic rings. The van der Waals surface area contributed by atoms with Crippen LogP contribution in [0.5, 0.6) is 0 Å². The monoisotopic (exact) mass is 328 g/mol. The van der Waals surface area contributed by atoms with Gasteiger partial charge in [-0.05, 0) is 64.4 Å². The fourth-order valence-corrected chi connectivity index (χ4v) is 5.14. The van der Waals surface area contributed by atoms with Crippen molar-refractivity contribution in [1.29, 1.82) is 0 Å². The van der Waals surface area contributed by atoms with Gasteiger partial charge in [0.1, 0.15) is 0 Å². The van der Waals surface area contributed by atoms with E-state index in [1.54, 1.807) is 0 Å². The first-order chi connectivity index (χ1) is 11.1. The summed E-state index contributed by atoms with van der Waals surface area (Å²) in [4.78, 5) is 13.2. The summed E-state index contributed by atoms with van der Waals surface area (Å²) in [5.74, 6) is 0.642. The van der Waals surface area contributed by atoms with Gasteiger partial charge in [-0.2, -0.15) is 0 Å². The van der Waals surface area contributed by atoms with Crippen LogP contribution < -0.4 is 0 Å². The minimum atomic E-state index is 0.0466. The molecule has 0 fully saturated rings. The van der Waals surface area contributed by atoms with Gasteiger partial charge in [0.2, 0.25) is 0 Å². The van der Waals surface area contributed by atoms with Crippen molar-refractivity contribution < 1.29 is 4.79 Å². The molecule has 0 saturated heterocycles. The Morgan fingerprint density at radius 1 is 0.875 bits per heavy atom. The predicted octanol–water partition coefficient (Wildman–Crippen LogP) is 6.80. The third-order valence-electron chi connectivity index (χ3n) is 6.85. The lowest BCUT2D eigenvalue weighted by Gasteiger charge is -2.51. The molecule has 0 aliphatic heterocycles. The number of carbonyl (C=O) groups excluding carboxylic acids is 1. The van der Waals surface area contributed by atoms with Crippen molar-refractivity contribution in [1.82, 2.24) is 0 Å². The first-order valence-corrected chi connectivity index (χ1v) is 9.66. The summed E-state index contributed by atoms with van der Waals surface area (Å²) >= 11 is 0. The van der Waals surface area contributed by atoms with Crippen LogP contribution in [0.3, 0.4) is 0 Å². The molecule has 0 aromatic carbocycles. The van der Waals surface area contributed by atoms with Gasteiger partial charge in [-0.25, -0.2) is 0 Å². The van der Waals surface area contributed by atoms with Crippen molar-refractivity contribution >= 4 is 5.78 Å². The van der Waals surface area contributed by atoms with E-state index < -0.39 is 0 Å². The van der Waals surface area contributed by atoms with Gasteiger partial charge in [0.25, 0.3) is 0 Å². The smallest absolute Gasteiger partial charge is 0.163 e. The average molecular weight is 329 g/mol. The quantitative estimate of drug-likeness (QED) is 0.447. The zero-order chi connectivity index (χ0) is 18.4. The van der Waals surface area contributed by atoms with E-state index in [1.807, 2.05) is 13.8 Å². The van der Waals surface area contributed by atoms with Crippen molar-refractivity contribution in [3.05, 3.63) is 33.4 Å². The Kier molecular flexibility index (Phi) is 5.06. The molecule has 134 valence electrons. The molecular weight excluding hydrogens is 292 g/mol. The molecule has 3 aliphatic carbocycles. The zero-order valence-corrected chi connectivity index (χ0v) is 17.3. The maximum absolute atomic E-state index is 13.2. The predicted molar refractivity (Wildman–Crippen MR) is 104 cm³/mol. The van der Waals surface area contributed by atoms with Crippen LogP contribution in [0.25, 0.3) is 0 Å². The summed E-state index contributed by atoms with van der Waals surface area (Å²) in [5, 5.41) is 0. The van der Waals surface area contributed by atoms with E-state index in [2.05, 4.69) is 48.5 Å². The summed E-state index contributed by atoms with van der Waals surface area (Å²) in [6.07, 6.45) is 3.95. The minimum Gasteiger partial charge on any atom is -0.294 e. The maximum atomic E-state index is 13.2. The Morgan fingerprint density at radius 2 is 1.42 bits per heavy atom. The third-order valence-corrected chi connectivity index (χ3v) is 6.85. The summed E-state index contributed by atoms with van der Waals surface area (Å²) < 4.78 is 0. The Morgan fingerprint density at radius 3 is 1.96 bits per heavy atom. The van der Waals surface area contributed by atoms with Crippen LogP contribution in [-0.2, 0) is 4.79 Å². The van der Waals surface area contributed by atoms with Crippen LogP contribution in [0.4, 0.5) is 0 Å². The number of Topliss-reactive ketones (excluding diaryl/α,β-unsaturated/α-hetero) is 1. The number of rotatable bonds is 0. The fraction of sp³-hybridized carbons (Fsp3) is 0.696. The standard InChI is InChI=1S/C21H30O.C2H6/c1-12-8-16-17(9-13(12)2)21(20(5,6)7)11-15(4)14(3)10-18(21)19(16)22;1-2/h18H,8-11H2,1-7H3;1-2H3. The van der Waals surface area contributed by atoms with Crippen LogP contribution in [0.1, 0.15) is 88.0 Å². The highest BCUT2D eigenvalue weighted by molar-refractivity contribution is 6.03. The summed E-state index contributed by atoms with van der Waals surface area (Å²) in [6.45, 7) is 20.0. The highest BCUT2D eigenvalue weighted by Gasteiger charge is 2.60. The summed E-state index contributed by atoms with van der Waals surface area (Å²) in [7, 11) is 0. The Labute approximate surface area is 149 Å². The lowest BCUT2D eigenvalue weighted by atomic mass is 9.51. The van der Waals surface area contributed by atoms with Crippen molar-refractivity contribution in [2.24, 2.45) is 16.7 Å². The summed E-state index contributed by atoms with van der Waals surface area (Å²) in [6, 6.07) is 0. The van der Waals surface area contributed by atoms with Crippen molar-refractivity contribution in [2.45, 2.75) is 88.0 Å². The average Bonchev–Trinajstić information content (AvgIpc) is 2.73. The fourth-order valence-electron chi connectivity index (χ4n) is 5.14. The lowest BCUT2D eigenvalue weighted by Crippen LogP contribution is -2.45. The molecule has 1 nitrogen and oxygen atoms in total. The maximum Gasteiger partial charge on any atom is 0.163 e. The van der Waals surface area contributed by atoms with Crippen LogP contribution in [0.2, 0.25) is 0 Å². The Bertz CT molecular complexity index is 648. The van der Waals surface area contributed by atoms with Crippen LogP contribution in [-0.4, -0.2) is 5.78 Å². The second-order valence-electron chi connectivity index (χ2n) is 8.95. The van der Waals surface area contributed by atoms with Crippen LogP contribution in [0.15, 0.2) is 33.4 Å². The molecule has 0 saturated carbocycles. The lowest BCUT2D eigenvalue weighted by molar-refractivity contribution is -0.123. The number of fused-ring (bicyclic) bond motifs is 2. The minimum absolute atomic E-state index is 0.0466. The SMILES string of the molecule is CC.CC1=C(C)CC2=C(C1)C(=O)C1CC(C)=C(C)CC21C(C)(C)C. The van der Waals surface area contributed by atoms with Gasteiger partial charge in [0.15, 0.2) is 5.78 Å². The van der Waals surface area contributed by atoms with Gasteiger partial charge in [-0.15, -0.1) is 0 Å².